The molecule has 0 radical (unpaired) electrons. The van der Waals surface area contributed by atoms with E-state index in [9.17, 15) is 0 Å². The molecule has 0 amide bonds. The highest BCUT2D eigenvalue weighted by Gasteiger charge is 2.23. The fourth-order valence-electron chi connectivity index (χ4n) is 6.97. The third-order valence-corrected chi connectivity index (χ3v) is 11.8. The van der Waals surface area contributed by atoms with Crippen LogP contribution >= 0.6 is 34.3 Å². The Hall–Kier alpha value is -5.55. The Balaban J connectivity index is 0.000000206. The molecule has 1 saturated heterocycles. The molecule has 7 heterocycles. The summed E-state index contributed by atoms with van der Waals surface area (Å²) in [4.78, 5) is 41.4. The Morgan fingerprint density at radius 3 is 1.51 bits per heavy atom. The van der Waals surface area contributed by atoms with Gasteiger partial charge in [-0.05, 0) is 116 Å². The summed E-state index contributed by atoms with van der Waals surface area (Å²) in [5.41, 5.74) is 5.21. The van der Waals surface area contributed by atoms with Gasteiger partial charge in [0.05, 0.1) is 47.6 Å². The normalized spacial score (nSPS) is 12.7. The van der Waals surface area contributed by atoms with Crippen LogP contribution in [0.4, 0.5) is 5.95 Å². The molecule has 0 atom stereocenters. The largest absolute Gasteiger partial charge is 0.491 e. The molecule has 17 heteroatoms. The Morgan fingerprint density at radius 2 is 1.06 bits per heavy atom. The first kappa shape index (κ1) is 46.9. The smallest absolute Gasteiger partial charge is 0.236 e. The van der Waals surface area contributed by atoms with E-state index in [0.29, 0.717) is 42.6 Å². The molecule has 8 aromatic rings. The van der Waals surface area contributed by atoms with Crippen molar-refractivity contribution < 1.29 is 18.9 Å². The molecule has 63 heavy (non-hydrogen) atoms. The fraction of sp³-hybridized carbons (Fsp3) is 0.391. The molecular formula is C46H55ClN10O4S2. The maximum Gasteiger partial charge on any atom is 0.236 e. The number of benzene rings is 2. The lowest BCUT2D eigenvalue weighted by Gasteiger charge is -2.27. The van der Waals surface area contributed by atoms with E-state index in [4.69, 9.17) is 60.5 Å². The van der Waals surface area contributed by atoms with Gasteiger partial charge in [-0.15, -0.1) is 22.7 Å². The minimum Gasteiger partial charge on any atom is -0.491 e. The lowest BCUT2D eigenvalue weighted by molar-refractivity contribution is 0.242. The molecule has 14 nitrogen and oxygen atoms in total. The van der Waals surface area contributed by atoms with Crippen LogP contribution in [0.2, 0.25) is 5.28 Å². The van der Waals surface area contributed by atoms with Crippen LogP contribution in [0.5, 0.6) is 23.3 Å². The van der Waals surface area contributed by atoms with Crippen LogP contribution in [0.3, 0.4) is 0 Å². The molecule has 0 aliphatic carbocycles. The number of piperazine rings is 1. The zero-order chi connectivity index (χ0) is 42.8. The number of nitrogens with zero attached hydrogens (tertiary/aromatic N) is 9. The third kappa shape index (κ3) is 10.1. The second kappa shape index (κ2) is 20.3. The van der Waals surface area contributed by atoms with E-state index in [0.717, 1.165) is 101 Å². The number of thiophene rings is 2. The molecule has 2 aromatic carbocycles. The van der Waals surface area contributed by atoms with E-state index in [1.165, 1.54) is 11.3 Å². The summed E-state index contributed by atoms with van der Waals surface area (Å²) in [6.07, 6.45) is 0.266. The number of nitrogens with one attached hydrogen (secondary N) is 1. The van der Waals surface area contributed by atoms with Crippen molar-refractivity contribution in [3.05, 3.63) is 65.2 Å². The van der Waals surface area contributed by atoms with Crippen molar-refractivity contribution in [1.29, 1.82) is 0 Å². The first-order chi connectivity index (χ1) is 29.5. The molecule has 0 unspecified atom stereocenters. The highest BCUT2D eigenvalue weighted by atomic mass is 35.5. The number of hydrogen-bond donors (Lipinski definition) is 1. The molecule has 6 aromatic heterocycles. The van der Waals surface area contributed by atoms with Crippen LogP contribution in [-0.4, -0.2) is 91.5 Å². The number of hydrogen-bond acceptors (Lipinski definition) is 16. The Labute approximate surface area is 381 Å². The molecule has 1 N–H and O–H groups in total. The molecule has 1 fully saturated rings. The van der Waals surface area contributed by atoms with Gasteiger partial charge in [0, 0.05) is 37.3 Å². The fourth-order valence-corrected chi connectivity index (χ4v) is 9.35. The van der Waals surface area contributed by atoms with Gasteiger partial charge in [0.2, 0.25) is 23.0 Å². The Morgan fingerprint density at radius 1 is 0.619 bits per heavy atom. The van der Waals surface area contributed by atoms with Crippen molar-refractivity contribution in [2.45, 2.75) is 82.5 Å². The standard InChI is InChI=1S/C24H28N6O2S.C20H19ClN4O2S.2CH4/c1-5-31-22-20-19(27-24(29-22)30-12-10-25-11-13-30)18-15(4)26-21(28-23(18)33-20)16-6-8-17(9-7-16)32-14(2)3;1-5-26-18-16-15(23-20(21)25-18)14-11(4)22-17(24-19(14)28-16)12-6-8-13(9-7-12)27-10(2)3;;/h6-9,14,25H,5,10-13H2,1-4H3;6-10H,5H2,1-4H3;2*1H4. The molecule has 9 rings (SSSR count). The number of aromatic nitrogens is 8. The van der Waals surface area contributed by atoms with Gasteiger partial charge in [-0.25, -0.2) is 29.9 Å². The van der Waals surface area contributed by atoms with Gasteiger partial charge in [-0.3, -0.25) is 0 Å². The summed E-state index contributed by atoms with van der Waals surface area (Å²) in [5, 5.41) is 5.38. The average Bonchev–Trinajstić information content (AvgIpc) is 3.81. The van der Waals surface area contributed by atoms with Crippen molar-refractivity contribution in [3.63, 3.8) is 0 Å². The Kier molecular flexibility index (Phi) is 15.1. The minimum atomic E-state index is 0. The van der Waals surface area contributed by atoms with Gasteiger partial charge in [0.15, 0.2) is 11.6 Å². The van der Waals surface area contributed by atoms with Crippen molar-refractivity contribution in [2.75, 3.05) is 44.3 Å². The first-order valence-electron chi connectivity index (χ1n) is 20.4. The van der Waals surface area contributed by atoms with Crippen molar-refractivity contribution in [1.82, 2.24) is 45.2 Å². The summed E-state index contributed by atoms with van der Waals surface area (Å²) >= 11 is 9.15. The van der Waals surface area contributed by atoms with Gasteiger partial charge in [-0.2, -0.15) is 9.97 Å². The van der Waals surface area contributed by atoms with Crippen LogP contribution in [0.1, 0.15) is 67.8 Å². The van der Waals surface area contributed by atoms with E-state index >= 15 is 0 Å². The molecule has 1 aliphatic rings. The highest BCUT2D eigenvalue weighted by molar-refractivity contribution is 7.26. The van der Waals surface area contributed by atoms with E-state index in [2.05, 4.69) is 20.2 Å². The monoisotopic (exact) mass is 910 g/mol. The second-order valence-corrected chi connectivity index (χ2v) is 17.1. The summed E-state index contributed by atoms with van der Waals surface area (Å²) in [6, 6.07) is 15.7. The zero-order valence-corrected chi connectivity index (χ0v) is 37.8. The maximum atomic E-state index is 6.10. The van der Waals surface area contributed by atoms with Gasteiger partial charge in [-0.1, -0.05) is 14.9 Å². The summed E-state index contributed by atoms with van der Waals surface area (Å²) in [7, 11) is 0. The molecule has 0 saturated carbocycles. The topological polar surface area (TPSA) is 155 Å². The molecule has 332 valence electrons. The van der Waals surface area contributed by atoms with Crippen molar-refractivity contribution >= 4 is 81.1 Å². The van der Waals surface area contributed by atoms with Crippen LogP contribution in [0.25, 0.3) is 63.6 Å². The van der Waals surface area contributed by atoms with Gasteiger partial charge in [0.1, 0.15) is 41.6 Å². The highest BCUT2D eigenvalue weighted by Crippen LogP contribution is 2.41. The van der Waals surface area contributed by atoms with Gasteiger partial charge in [0.25, 0.3) is 0 Å². The Bertz CT molecular complexity index is 2830. The molecule has 0 spiro atoms. The quantitative estimate of drug-likeness (QED) is 0.122. The number of rotatable bonds is 11. The van der Waals surface area contributed by atoms with Crippen LogP contribution in [-0.2, 0) is 0 Å². The second-order valence-electron chi connectivity index (χ2n) is 14.8. The minimum absolute atomic E-state index is 0. The van der Waals surface area contributed by atoms with Crippen LogP contribution in [0, 0.1) is 13.8 Å². The SMILES string of the molecule is C.C.CCOc1nc(Cl)nc2c1sc1nc(-c3ccc(OC(C)C)cc3)nc(C)c12.CCOc1nc(N2CCNCC2)nc2c1sc1nc(-c3ccc(OC(C)C)cc3)nc(C)c12. The van der Waals surface area contributed by atoms with Gasteiger partial charge >= 0.3 is 0 Å². The number of fused-ring (bicyclic) bond motifs is 6. The predicted molar refractivity (Wildman–Crippen MR) is 259 cm³/mol. The average molecular weight is 912 g/mol. The van der Waals surface area contributed by atoms with Crippen LogP contribution < -0.4 is 29.2 Å². The molecule has 1 aliphatic heterocycles. The number of halogens is 1. The van der Waals surface area contributed by atoms with Gasteiger partial charge < -0.3 is 29.2 Å². The summed E-state index contributed by atoms with van der Waals surface area (Å²) in [6.45, 7) is 20.5. The number of aryl methyl sites for hydroxylation is 2. The summed E-state index contributed by atoms with van der Waals surface area (Å²) < 4.78 is 24.8. The lowest BCUT2D eigenvalue weighted by atomic mass is 10.2. The third-order valence-electron chi connectivity index (χ3n) is 9.54. The maximum absolute atomic E-state index is 6.10. The first-order valence-corrected chi connectivity index (χ1v) is 22.4. The van der Waals surface area contributed by atoms with Crippen LogP contribution in [0.15, 0.2) is 48.5 Å². The molecular weight excluding hydrogens is 856 g/mol. The van der Waals surface area contributed by atoms with E-state index in [1.54, 1.807) is 11.3 Å². The predicted octanol–water partition coefficient (Wildman–Crippen LogP) is 10.9. The van der Waals surface area contributed by atoms with E-state index in [1.807, 2.05) is 104 Å². The van der Waals surface area contributed by atoms with E-state index in [-0.39, 0.29) is 32.3 Å². The van der Waals surface area contributed by atoms with Crippen molar-refractivity contribution in [2.24, 2.45) is 0 Å². The number of anilines is 1. The zero-order valence-electron chi connectivity index (χ0n) is 35.4. The summed E-state index contributed by atoms with van der Waals surface area (Å²) in [5.74, 6) is 4.82. The lowest BCUT2D eigenvalue weighted by Crippen LogP contribution is -2.44. The van der Waals surface area contributed by atoms with E-state index < -0.39 is 0 Å². The number of ether oxygens (including phenoxy) is 4. The molecule has 0 bridgehead atoms. The van der Waals surface area contributed by atoms with Crippen molar-refractivity contribution in [3.8, 4) is 46.0 Å².